The normalized spacial score (nSPS) is 14.9. The van der Waals surface area contributed by atoms with Crippen molar-refractivity contribution >= 4 is 17.5 Å². The molecule has 2 aromatic heterocycles. The van der Waals surface area contributed by atoms with Crippen LogP contribution in [-0.4, -0.2) is 32.8 Å². The molecule has 0 aliphatic carbocycles. The van der Waals surface area contributed by atoms with E-state index in [9.17, 15) is 4.79 Å². The molecular weight excluding hydrogens is 416 g/mol. The highest BCUT2D eigenvalue weighted by molar-refractivity contribution is 6.06. The molecule has 0 bridgehead atoms. The van der Waals surface area contributed by atoms with Crippen molar-refractivity contribution in [3.8, 4) is 17.1 Å². The lowest BCUT2D eigenvalue weighted by Gasteiger charge is -2.28. The number of amides is 1. The summed E-state index contributed by atoms with van der Waals surface area (Å²) in [6, 6.07) is 20.4. The first-order valence-electron chi connectivity index (χ1n) is 10.5. The van der Waals surface area contributed by atoms with E-state index in [2.05, 4.69) is 20.6 Å². The standard InChI is InChI=1S/C25H22N6O2/c1-16-21(24(32)28-19-12-6-7-13-20(19)33-2)22(17-9-4-3-5-10-17)31-25(27-16)29-23(30-31)18-11-8-14-26-15-18/h3-15,22H,1-2H3,(H,28,32)(H,27,29,30)/t22-/m1/s1. The van der Waals surface area contributed by atoms with E-state index in [1.54, 1.807) is 30.3 Å². The molecule has 5 rings (SSSR count). The summed E-state index contributed by atoms with van der Waals surface area (Å²) >= 11 is 0. The van der Waals surface area contributed by atoms with E-state index >= 15 is 0 Å². The fourth-order valence-corrected chi connectivity index (χ4v) is 3.94. The zero-order chi connectivity index (χ0) is 22.8. The highest BCUT2D eigenvalue weighted by Gasteiger charge is 2.34. The number of nitrogens with zero attached hydrogens (tertiary/aromatic N) is 4. The van der Waals surface area contributed by atoms with Gasteiger partial charge in [-0.25, -0.2) is 4.68 Å². The van der Waals surface area contributed by atoms with Crippen LogP contribution in [0.15, 0.2) is 90.4 Å². The molecule has 0 radical (unpaired) electrons. The predicted molar refractivity (Wildman–Crippen MR) is 126 cm³/mol. The number of anilines is 2. The van der Waals surface area contributed by atoms with Gasteiger partial charge < -0.3 is 15.4 Å². The van der Waals surface area contributed by atoms with E-state index in [4.69, 9.17) is 9.84 Å². The highest BCUT2D eigenvalue weighted by Crippen LogP contribution is 2.37. The minimum atomic E-state index is -0.463. The Labute approximate surface area is 191 Å². The molecule has 2 N–H and O–H groups in total. The molecule has 1 atom stereocenters. The van der Waals surface area contributed by atoms with Crippen LogP contribution in [-0.2, 0) is 4.79 Å². The number of hydrogen-bond acceptors (Lipinski definition) is 6. The average Bonchev–Trinajstić information content (AvgIpc) is 3.28. The minimum absolute atomic E-state index is 0.248. The molecule has 0 spiro atoms. The summed E-state index contributed by atoms with van der Waals surface area (Å²) in [4.78, 5) is 22.4. The summed E-state index contributed by atoms with van der Waals surface area (Å²) in [5, 5.41) is 11.0. The number of carbonyl (C=O) groups is 1. The van der Waals surface area contributed by atoms with Crippen LogP contribution in [0.1, 0.15) is 18.5 Å². The first kappa shape index (κ1) is 20.4. The molecule has 0 saturated carbocycles. The number of para-hydroxylation sites is 2. The number of pyridine rings is 1. The van der Waals surface area contributed by atoms with Crippen molar-refractivity contribution in [2.24, 2.45) is 0 Å². The number of hydrogen-bond donors (Lipinski definition) is 2. The maximum absolute atomic E-state index is 13.6. The maximum Gasteiger partial charge on any atom is 0.255 e. The largest absolute Gasteiger partial charge is 0.495 e. The number of aromatic nitrogens is 4. The third-order valence-electron chi connectivity index (χ3n) is 5.49. The van der Waals surface area contributed by atoms with Gasteiger partial charge >= 0.3 is 0 Å². The first-order chi connectivity index (χ1) is 16.2. The molecule has 0 saturated heterocycles. The number of fused-ring (bicyclic) bond motifs is 1. The van der Waals surface area contributed by atoms with Crippen LogP contribution in [0.4, 0.5) is 11.6 Å². The minimum Gasteiger partial charge on any atom is -0.495 e. The van der Waals surface area contributed by atoms with Gasteiger partial charge in [0.2, 0.25) is 5.95 Å². The molecule has 3 heterocycles. The summed E-state index contributed by atoms with van der Waals surface area (Å²) in [6.45, 7) is 1.87. The topological polar surface area (TPSA) is 94.0 Å². The van der Waals surface area contributed by atoms with Crippen LogP contribution in [0.5, 0.6) is 5.75 Å². The Bertz CT molecular complexity index is 1330. The van der Waals surface area contributed by atoms with Gasteiger partial charge in [0.1, 0.15) is 11.8 Å². The van der Waals surface area contributed by atoms with Gasteiger partial charge in [-0.2, -0.15) is 4.98 Å². The summed E-state index contributed by atoms with van der Waals surface area (Å²) in [7, 11) is 1.58. The molecule has 164 valence electrons. The van der Waals surface area contributed by atoms with Gasteiger partial charge in [0, 0.05) is 23.7 Å². The number of benzene rings is 2. The van der Waals surface area contributed by atoms with Gasteiger partial charge in [0.05, 0.1) is 18.4 Å². The second-order valence-corrected chi connectivity index (χ2v) is 7.58. The summed E-state index contributed by atoms with van der Waals surface area (Å²) in [5.41, 5.74) is 3.56. The maximum atomic E-state index is 13.6. The Hall–Kier alpha value is -4.46. The zero-order valence-corrected chi connectivity index (χ0v) is 18.2. The van der Waals surface area contributed by atoms with Gasteiger partial charge in [0.15, 0.2) is 5.82 Å². The molecule has 0 fully saturated rings. The Morgan fingerprint density at radius 1 is 1.06 bits per heavy atom. The van der Waals surface area contributed by atoms with Crippen LogP contribution in [0, 0.1) is 0 Å². The second kappa shape index (κ2) is 8.58. The fourth-order valence-electron chi connectivity index (χ4n) is 3.94. The molecule has 8 heteroatoms. The molecular formula is C25H22N6O2. The van der Waals surface area contributed by atoms with Crippen molar-refractivity contribution < 1.29 is 9.53 Å². The molecule has 1 aliphatic heterocycles. The van der Waals surface area contributed by atoms with Gasteiger partial charge in [-0.3, -0.25) is 9.78 Å². The molecule has 33 heavy (non-hydrogen) atoms. The SMILES string of the molecule is COc1ccccc1NC(=O)C1=C(C)Nc2nc(-c3cccnc3)nn2[C@@H]1c1ccccc1. The average molecular weight is 438 g/mol. The number of allylic oxidation sites excluding steroid dienone is 1. The fraction of sp³-hybridized carbons (Fsp3) is 0.120. The molecule has 8 nitrogen and oxygen atoms in total. The summed E-state index contributed by atoms with van der Waals surface area (Å²) < 4.78 is 7.15. The van der Waals surface area contributed by atoms with Crippen molar-refractivity contribution in [3.05, 3.63) is 96.0 Å². The molecule has 2 aromatic carbocycles. The van der Waals surface area contributed by atoms with Gasteiger partial charge in [-0.05, 0) is 36.8 Å². The number of nitrogens with one attached hydrogen (secondary N) is 2. The van der Waals surface area contributed by atoms with Crippen molar-refractivity contribution in [2.45, 2.75) is 13.0 Å². The van der Waals surface area contributed by atoms with E-state index in [1.807, 2.05) is 67.6 Å². The van der Waals surface area contributed by atoms with Gasteiger partial charge in [0.25, 0.3) is 5.91 Å². The van der Waals surface area contributed by atoms with E-state index in [-0.39, 0.29) is 5.91 Å². The Morgan fingerprint density at radius 3 is 2.61 bits per heavy atom. The summed E-state index contributed by atoms with van der Waals surface area (Å²) in [5.74, 6) is 1.44. The summed E-state index contributed by atoms with van der Waals surface area (Å²) in [6.07, 6.45) is 3.42. The Balaban J connectivity index is 1.59. The lowest BCUT2D eigenvalue weighted by molar-refractivity contribution is -0.113. The Morgan fingerprint density at radius 2 is 1.85 bits per heavy atom. The predicted octanol–water partition coefficient (Wildman–Crippen LogP) is 4.28. The molecule has 1 aliphatic rings. The van der Waals surface area contributed by atoms with E-state index in [0.29, 0.717) is 34.5 Å². The van der Waals surface area contributed by atoms with E-state index in [1.165, 1.54) is 0 Å². The van der Waals surface area contributed by atoms with Crippen LogP contribution in [0.2, 0.25) is 0 Å². The number of rotatable bonds is 5. The van der Waals surface area contributed by atoms with Crippen LogP contribution in [0.3, 0.4) is 0 Å². The van der Waals surface area contributed by atoms with E-state index in [0.717, 1.165) is 11.1 Å². The zero-order valence-electron chi connectivity index (χ0n) is 18.2. The van der Waals surface area contributed by atoms with Crippen LogP contribution < -0.4 is 15.4 Å². The van der Waals surface area contributed by atoms with Crippen LogP contribution >= 0.6 is 0 Å². The quantitative estimate of drug-likeness (QED) is 0.483. The highest BCUT2D eigenvalue weighted by atomic mass is 16.5. The van der Waals surface area contributed by atoms with Crippen molar-refractivity contribution in [1.82, 2.24) is 19.7 Å². The number of ether oxygens (including phenoxy) is 1. The Kier molecular flexibility index (Phi) is 5.32. The monoisotopic (exact) mass is 438 g/mol. The van der Waals surface area contributed by atoms with Crippen molar-refractivity contribution in [1.29, 1.82) is 0 Å². The number of methoxy groups -OCH3 is 1. The lowest BCUT2D eigenvalue weighted by Crippen LogP contribution is -2.31. The molecule has 4 aromatic rings. The molecule has 1 amide bonds. The van der Waals surface area contributed by atoms with Crippen LogP contribution in [0.25, 0.3) is 11.4 Å². The number of carbonyl (C=O) groups excluding carboxylic acids is 1. The van der Waals surface area contributed by atoms with Crippen molar-refractivity contribution in [3.63, 3.8) is 0 Å². The third-order valence-corrected chi connectivity index (χ3v) is 5.49. The van der Waals surface area contributed by atoms with E-state index < -0.39 is 6.04 Å². The smallest absolute Gasteiger partial charge is 0.255 e. The molecule has 0 unspecified atom stereocenters. The first-order valence-corrected chi connectivity index (χ1v) is 10.5. The van der Waals surface area contributed by atoms with Gasteiger partial charge in [-0.1, -0.05) is 42.5 Å². The van der Waals surface area contributed by atoms with Gasteiger partial charge in [-0.15, -0.1) is 5.10 Å². The second-order valence-electron chi connectivity index (χ2n) is 7.58. The third kappa shape index (κ3) is 3.82. The lowest BCUT2D eigenvalue weighted by atomic mass is 9.95. The van der Waals surface area contributed by atoms with Crippen molar-refractivity contribution in [2.75, 3.05) is 17.7 Å².